The van der Waals surface area contributed by atoms with Gasteiger partial charge in [-0.1, -0.05) is 146 Å². The van der Waals surface area contributed by atoms with E-state index < -0.39 is 0 Å². The summed E-state index contributed by atoms with van der Waals surface area (Å²) >= 11 is 0. The molecule has 0 aromatic heterocycles. The fourth-order valence-electron chi connectivity index (χ4n) is 8.93. The van der Waals surface area contributed by atoms with Crippen molar-refractivity contribution in [1.29, 1.82) is 0 Å². The maximum Gasteiger partial charge on any atom is 0.128 e. The molecule has 0 unspecified atom stereocenters. The Morgan fingerprint density at radius 1 is 0.227 bits per heavy atom. The molecule has 0 radical (unpaired) electrons. The predicted octanol–water partition coefficient (Wildman–Crippen LogP) is 12.4. The van der Waals surface area contributed by atoms with Gasteiger partial charge in [0.2, 0.25) is 0 Å². The molecule has 0 heterocycles. The van der Waals surface area contributed by atoms with Crippen molar-refractivity contribution in [3.05, 3.63) is 182 Å². The molecule has 0 aliphatic rings. The minimum absolute atomic E-state index is 0.0936. The Balaban J connectivity index is 0.866. The smallest absolute Gasteiger partial charge is 0.128 e. The van der Waals surface area contributed by atoms with E-state index in [4.69, 9.17) is 28.4 Å². The highest BCUT2D eigenvalue weighted by atomic mass is 16.5. The van der Waals surface area contributed by atoms with E-state index >= 15 is 0 Å². The molecule has 10 aromatic carbocycles. The van der Waals surface area contributed by atoms with Crippen LogP contribution in [-0.4, -0.2) is 63.1 Å². The number of hydrogen-bond donors (Lipinski definition) is 2. The Labute approximate surface area is 382 Å². The average molecular weight is 873 g/mol. The van der Waals surface area contributed by atoms with Crippen LogP contribution in [0.25, 0.3) is 76.1 Å². The van der Waals surface area contributed by atoms with Crippen molar-refractivity contribution in [3.63, 3.8) is 0 Å². The van der Waals surface area contributed by atoms with Gasteiger partial charge in [0, 0.05) is 33.0 Å². The SMILES string of the molecule is OCCOc1ccc2ccccc2c1-c1c(OCCOc2ccc(OCCOc3ccc4ccccc4c3-c3c(OCCO)ccc4ccccc34)c3ccccc23)ccc2ccccc12. The first kappa shape index (κ1) is 42.2. The predicted molar refractivity (Wildman–Crippen MR) is 265 cm³/mol. The van der Waals surface area contributed by atoms with Crippen molar-refractivity contribution in [2.75, 3.05) is 52.9 Å². The standard InChI is InChI=1S/C58H48O8/c59-31-33-61-51-25-21-39-11-1-5-15-43(39)55(51)57-45-17-7-3-13-41(45)23-27-53(57)65-37-35-63-49-29-30-50(48-20-10-9-19-47(48)49)64-36-38-66-54-28-24-42-14-4-8-18-46(42)58(54)56-44-16-6-2-12-40(44)22-26-52(56)62-34-32-60/h1-30,59-60H,31-38H2. The van der Waals surface area contributed by atoms with Gasteiger partial charge in [-0.15, -0.1) is 0 Å². The zero-order valence-electron chi connectivity index (χ0n) is 36.3. The van der Waals surface area contributed by atoms with Crippen LogP contribution >= 0.6 is 0 Å². The monoisotopic (exact) mass is 872 g/mol. The number of hydrogen-bond acceptors (Lipinski definition) is 8. The first-order chi connectivity index (χ1) is 32.7. The first-order valence-electron chi connectivity index (χ1n) is 22.3. The number of fused-ring (bicyclic) bond motifs is 5. The highest BCUT2D eigenvalue weighted by molar-refractivity contribution is 6.11. The van der Waals surface area contributed by atoms with Gasteiger partial charge in [0.05, 0.1) is 13.2 Å². The molecule has 0 bridgehead atoms. The van der Waals surface area contributed by atoms with Crippen LogP contribution in [0.2, 0.25) is 0 Å². The van der Waals surface area contributed by atoms with Crippen molar-refractivity contribution in [1.82, 2.24) is 0 Å². The number of aliphatic hydroxyl groups is 2. The second kappa shape index (κ2) is 19.5. The Hall–Kier alpha value is -7.78. The zero-order valence-corrected chi connectivity index (χ0v) is 36.3. The van der Waals surface area contributed by atoms with E-state index in [1.165, 1.54) is 0 Å². The summed E-state index contributed by atoms with van der Waals surface area (Å²) in [5.74, 6) is 4.22. The summed E-state index contributed by atoms with van der Waals surface area (Å²) < 4.78 is 38.3. The fraction of sp³-hybridized carbons (Fsp3) is 0.138. The maximum atomic E-state index is 9.67. The maximum absolute atomic E-state index is 9.67. The van der Waals surface area contributed by atoms with Crippen LogP contribution in [0, 0.1) is 0 Å². The Bertz CT molecular complexity index is 3100. The molecule has 0 aliphatic carbocycles. The topological polar surface area (TPSA) is 95.8 Å². The van der Waals surface area contributed by atoms with Crippen LogP contribution < -0.4 is 28.4 Å². The van der Waals surface area contributed by atoms with Gasteiger partial charge in [0.1, 0.15) is 74.1 Å². The van der Waals surface area contributed by atoms with Crippen LogP contribution in [0.3, 0.4) is 0 Å². The molecule has 2 N–H and O–H groups in total. The van der Waals surface area contributed by atoms with E-state index in [0.29, 0.717) is 36.2 Å². The average Bonchev–Trinajstić information content (AvgIpc) is 3.37. The molecule has 0 fully saturated rings. The van der Waals surface area contributed by atoms with Crippen molar-refractivity contribution >= 4 is 53.9 Å². The quantitative estimate of drug-likeness (QED) is 0.0823. The van der Waals surface area contributed by atoms with Crippen molar-refractivity contribution in [2.45, 2.75) is 0 Å². The number of ether oxygens (including phenoxy) is 6. The molecule has 0 saturated heterocycles. The molecule has 66 heavy (non-hydrogen) atoms. The molecular formula is C58H48O8. The highest BCUT2D eigenvalue weighted by Crippen LogP contribution is 2.47. The lowest BCUT2D eigenvalue weighted by molar-refractivity contribution is 0.202. The lowest BCUT2D eigenvalue weighted by atomic mass is 9.92. The molecular weight excluding hydrogens is 825 g/mol. The molecule has 10 aromatic rings. The highest BCUT2D eigenvalue weighted by Gasteiger charge is 2.21. The molecule has 0 atom stereocenters. The van der Waals surface area contributed by atoms with Gasteiger partial charge in [-0.25, -0.2) is 0 Å². The van der Waals surface area contributed by atoms with Gasteiger partial charge in [-0.3, -0.25) is 0 Å². The minimum Gasteiger partial charge on any atom is -0.491 e. The molecule has 10 rings (SSSR count). The number of benzene rings is 10. The van der Waals surface area contributed by atoms with Crippen LogP contribution in [0.15, 0.2) is 182 Å². The van der Waals surface area contributed by atoms with Gasteiger partial charge in [-0.2, -0.15) is 0 Å². The van der Waals surface area contributed by atoms with Crippen LogP contribution in [-0.2, 0) is 0 Å². The van der Waals surface area contributed by atoms with Gasteiger partial charge in [0.15, 0.2) is 0 Å². The van der Waals surface area contributed by atoms with E-state index in [-0.39, 0.29) is 39.6 Å². The normalized spacial score (nSPS) is 11.4. The van der Waals surface area contributed by atoms with Gasteiger partial charge in [-0.05, 0) is 79.5 Å². The van der Waals surface area contributed by atoms with E-state index in [9.17, 15) is 10.2 Å². The Morgan fingerprint density at radius 3 is 0.742 bits per heavy atom. The summed E-state index contributed by atoms with van der Waals surface area (Å²) in [4.78, 5) is 0. The minimum atomic E-state index is -0.0936. The second-order valence-corrected chi connectivity index (χ2v) is 15.8. The summed E-state index contributed by atoms with van der Waals surface area (Å²) in [6.07, 6.45) is 0. The van der Waals surface area contributed by atoms with Crippen molar-refractivity contribution in [2.24, 2.45) is 0 Å². The van der Waals surface area contributed by atoms with Gasteiger partial charge >= 0.3 is 0 Å². The summed E-state index contributed by atoms with van der Waals surface area (Å²) in [6.45, 7) is 1.34. The van der Waals surface area contributed by atoms with Crippen molar-refractivity contribution in [3.8, 4) is 56.8 Å². The Morgan fingerprint density at radius 2 is 0.455 bits per heavy atom. The van der Waals surface area contributed by atoms with Crippen LogP contribution in [0.4, 0.5) is 0 Å². The molecule has 0 amide bonds. The third kappa shape index (κ3) is 8.48. The molecule has 328 valence electrons. The molecule has 8 nitrogen and oxygen atoms in total. The van der Waals surface area contributed by atoms with E-state index in [1.807, 2.05) is 121 Å². The number of aliphatic hydroxyl groups excluding tert-OH is 2. The van der Waals surface area contributed by atoms with Crippen molar-refractivity contribution < 1.29 is 38.6 Å². The lowest BCUT2D eigenvalue weighted by Crippen LogP contribution is -2.11. The van der Waals surface area contributed by atoms with E-state index in [2.05, 4.69) is 60.7 Å². The third-order valence-corrected chi connectivity index (χ3v) is 11.8. The largest absolute Gasteiger partial charge is 0.491 e. The first-order valence-corrected chi connectivity index (χ1v) is 22.3. The molecule has 0 spiro atoms. The van der Waals surface area contributed by atoms with E-state index in [0.717, 1.165) is 87.6 Å². The third-order valence-electron chi connectivity index (χ3n) is 11.8. The van der Waals surface area contributed by atoms with Crippen LogP contribution in [0.5, 0.6) is 34.5 Å². The van der Waals surface area contributed by atoms with E-state index in [1.54, 1.807) is 0 Å². The number of rotatable bonds is 18. The summed E-state index contributed by atoms with van der Waals surface area (Å²) in [6, 6.07) is 61.1. The summed E-state index contributed by atoms with van der Waals surface area (Å²) in [7, 11) is 0. The fourth-order valence-corrected chi connectivity index (χ4v) is 8.93. The second-order valence-electron chi connectivity index (χ2n) is 15.8. The van der Waals surface area contributed by atoms with Gasteiger partial charge < -0.3 is 38.6 Å². The molecule has 0 aliphatic heterocycles. The zero-order chi connectivity index (χ0) is 44.7. The Kier molecular flexibility index (Phi) is 12.5. The summed E-state index contributed by atoms with van der Waals surface area (Å²) in [5, 5.41) is 29.6. The van der Waals surface area contributed by atoms with Gasteiger partial charge in [0.25, 0.3) is 0 Å². The molecule has 8 heteroatoms. The molecule has 0 saturated carbocycles. The summed E-state index contributed by atoms with van der Waals surface area (Å²) in [5.41, 5.74) is 3.69. The lowest BCUT2D eigenvalue weighted by Gasteiger charge is -2.20. The van der Waals surface area contributed by atoms with Crippen LogP contribution in [0.1, 0.15) is 0 Å².